The highest BCUT2D eigenvalue weighted by Gasteiger charge is 2.18. The van der Waals surface area contributed by atoms with Crippen molar-refractivity contribution < 1.29 is 18.1 Å². The number of hydrogen-bond acceptors (Lipinski definition) is 5. The van der Waals surface area contributed by atoms with Crippen molar-refractivity contribution in [1.82, 2.24) is 9.71 Å². The third kappa shape index (κ3) is 4.32. The Balaban J connectivity index is 1.68. The van der Waals surface area contributed by atoms with E-state index in [0.29, 0.717) is 11.1 Å². The second-order valence-electron chi connectivity index (χ2n) is 6.20. The van der Waals surface area contributed by atoms with Crippen LogP contribution in [-0.4, -0.2) is 24.2 Å². The lowest BCUT2D eigenvalue weighted by molar-refractivity contribution is -0.384. The van der Waals surface area contributed by atoms with E-state index >= 15 is 0 Å². The van der Waals surface area contributed by atoms with E-state index in [1.165, 1.54) is 24.3 Å². The van der Waals surface area contributed by atoms with Crippen molar-refractivity contribution in [2.45, 2.75) is 19.1 Å². The van der Waals surface area contributed by atoms with Gasteiger partial charge in [-0.15, -0.1) is 0 Å². The molecule has 0 radical (unpaired) electrons. The number of nitro groups is 1. The van der Waals surface area contributed by atoms with Crippen LogP contribution in [0.2, 0.25) is 0 Å². The molecule has 0 bridgehead atoms. The lowest BCUT2D eigenvalue weighted by Gasteiger charge is -2.07. The van der Waals surface area contributed by atoms with Crippen molar-refractivity contribution in [2.24, 2.45) is 0 Å². The Labute approximate surface area is 155 Å². The Morgan fingerprint density at radius 2 is 1.89 bits per heavy atom. The molecule has 0 saturated heterocycles. The summed E-state index contributed by atoms with van der Waals surface area (Å²) < 4.78 is 26.4. The van der Waals surface area contributed by atoms with Gasteiger partial charge in [-0.3, -0.25) is 19.6 Å². The number of non-ortho nitro benzene ring substituents is 1. The number of benzene rings is 2. The summed E-state index contributed by atoms with van der Waals surface area (Å²) in [6.07, 6.45) is 1.61. The maximum absolute atomic E-state index is 12.2. The molecule has 1 aromatic heterocycles. The van der Waals surface area contributed by atoms with Crippen LogP contribution in [0.25, 0.3) is 10.9 Å². The van der Waals surface area contributed by atoms with Gasteiger partial charge in [-0.2, -0.15) is 0 Å². The molecule has 2 N–H and O–H groups in total. The Hall–Kier alpha value is -3.20. The minimum Gasteiger partial charge on any atom is -0.361 e. The molecule has 1 amide bonds. The normalized spacial score (nSPS) is 11.4. The second-order valence-corrected chi connectivity index (χ2v) is 7.92. The number of amides is 1. The number of carbonyl (C=O) groups excluding carboxylic acids is 1. The van der Waals surface area contributed by atoms with Crippen LogP contribution in [-0.2, 0) is 27.0 Å². The van der Waals surface area contributed by atoms with Crippen LogP contribution in [0.3, 0.4) is 0 Å². The standard InChI is InChI=1S/C18H17N3O5S/c1-12-3-2-4-16-14(10-19-18(12)16)9-17(22)20-27(25,26)11-13-5-7-15(8-6-13)21(23)24/h2-8,10,19H,9,11H2,1H3,(H,20,22). The lowest BCUT2D eigenvalue weighted by Crippen LogP contribution is -2.32. The highest BCUT2D eigenvalue weighted by molar-refractivity contribution is 7.89. The summed E-state index contributed by atoms with van der Waals surface area (Å²) in [7, 11) is -3.91. The van der Waals surface area contributed by atoms with Crippen LogP contribution in [0, 0.1) is 17.0 Å². The Kier molecular flexibility index (Phi) is 4.95. The molecule has 9 heteroatoms. The van der Waals surface area contributed by atoms with Gasteiger partial charge in [0, 0.05) is 29.2 Å². The van der Waals surface area contributed by atoms with Gasteiger partial charge in [0.05, 0.1) is 17.1 Å². The molecule has 0 aliphatic rings. The molecular weight excluding hydrogens is 370 g/mol. The lowest BCUT2D eigenvalue weighted by atomic mass is 10.1. The Morgan fingerprint density at radius 1 is 1.19 bits per heavy atom. The Morgan fingerprint density at radius 3 is 2.56 bits per heavy atom. The van der Waals surface area contributed by atoms with Gasteiger partial charge in [0.1, 0.15) is 0 Å². The average Bonchev–Trinajstić information content (AvgIpc) is 2.98. The molecule has 0 aliphatic carbocycles. The summed E-state index contributed by atoms with van der Waals surface area (Å²) in [4.78, 5) is 25.4. The fraction of sp³-hybridized carbons (Fsp3) is 0.167. The molecule has 3 aromatic rings. The monoisotopic (exact) mass is 387 g/mol. The molecule has 0 spiro atoms. The third-order valence-corrected chi connectivity index (χ3v) is 5.39. The number of nitrogens with zero attached hydrogens (tertiary/aromatic N) is 1. The molecule has 0 fully saturated rings. The molecule has 140 valence electrons. The molecule has 3 rings (SSSR count). The number of aromatic amines is 1. The summed E-state index contributed by atoms with van der Waals surface area (Å²) >= 11 is 0. The van der Waals surface area contributed by atoms with Crippen molar-refractivity contribution in [2.75, 3.05) is 0 Å². The van der Waals surface area contributed by atoms with Crippen LogP contribution >= 0.6 is 0 Å². The second kappa shape index (κ2) is 7.20. The molecule has 0 saturated carbocycles. The zero-order chi connectivity index (χ0) is 19.6. The summed E-state index contributed by atoms with van der Waals surface area (Å²) in [6, 6.07) is 10.8. The number of aryl methyl sites for hydroxylation is 1. The number of sulfonamides is 1. The van der Waals surface area contributed by atoms with Gasteiger partial charge in [-0.1, -0.05) is 30.3 Å². The maximum atomic E-state index is 12.2. The first-order valence-corrected chi connectivity index (χ1v) is 9.72. The molecule has 8 nitrogen and oxygen atoms in total. The van der Waals surface area contributed by atoms with Crippen molar-refractivity contribution in [3.8, 4) is 0 Å². The highest BCUT2D eigenvalue weighted by Crippen LogP contribution is 2.21. The number of H-pyrrole nitrogens is 1. The summed E-state index contributed by atoms with van der Waals surface area (Å²) in [5.41, 5.74) is 2.87. The predicted octanol–water partition coefficient (Wildman–Crippen LogP) is 2.57. The number of nitro benzene ring substituents is 1. The van der Waals surface area contributed by atoms with Crippen molar-refractivity contribution >= 4 is 32.5 Å². The van der Waals surface area contributed by atoms with Gasteiger partial charge in [0.15, 0.2) is 0 Å². The Bertz CT molecular complexity index is 1120. The minimum absolute atomic E-state index is 0.0804. The van der Waals surface area contributed by atoms with Crippen LogP contribution in [0.5, 0.6) is 0 Å². The van der Waals surface area contributed by atoms with Gasteiger partial charge < -0.3 is 4.98 Å². The number of carbonyl (C=O) groups is 1. The fourth-order valence-corrected chi connectivity index (χ4v) is 3.98. The first kappa shape index (κ1) is 18.6. The highest BCUT2D eigenvalue weighted by atomic mass is 32.2. The quantitative estimate of drug-likeness (QED) is 0.497. The summed E-state index contributed by atoms with van der Waals surface area (Å²) in [6.45, 7) is 1.94. The SMILES string of the molecule is Cc1cccc2c(CC(=O)NS(=O)(=O)Cc3ccc([N+](=O)[O-])cc3)c[nH]c12. The van der Waals surface area contributed by atoms with Gasteiger partial charge in [0.2, 0.25) is 15.9 Å². The van der Waals surface area contributed by atoms with E-state index in [2.05, 4.69) is 4.98 Å². The molecule has 1 heterocycles. The third-order valence-electron chi connectivity index (χ3n) is 4.13. The fourth-order valence-electron chi connectivity index (χ4n) is 2.86. The van der Waals surface area contributed by atoms with E-state index in [4.69, 9.17) is 0 Å². The number of nitrogens with one attached hydrogen (secondary N) is 2. The van der Waals surface area contributed by atoms with E-state index < -0.39 is 26.6 Å². The zero-order valence-corrected chi connectivity index (χ0v) is 15.2. The van der Waals surface area contributed by atoms with Crippen LogP contribution in [0.15, 0.2) is 48.7 Å². The molecule has 0 unspecified atom stereocenters. The first-order chi connectivity index (χ1) is 12.7. The number of rotatable bonds is 6. The average molecular weight is 387 g/mol. The zero-order valence-electron chi connectivity index (χ0n) is 14.4. The molecular formula is C18H17N3O5S. The van der Waals surface area contributed by atoms with Gasteiger partial charge in [-0.25, -0.2) is 8.42 Å². The number of fused-ring (bicyclic) bond motifs is 1. The molecule has 27 heavy (non-hydrogen) atoms. The number of aromatic nitrogens is 1. The summed E-state index contributed by atoms with van der Waals surface area (Å²) in [5.74, 6) is -1.08. The van der Waals surface area contributed by atoms with E-state index in [9.17, 15) is 23.3 Å². The number of para-hydroxylation sites is 1. The minimum atomic E-state index is -3.91. The van der Waals surface area contributed by atoms with Crippen molar-refractivity contribution in [3.63, 3.8) is 0 Å². The largest absolute Gasteiger partial charge is 0.361 e. The van der Waals surface area contributed by atoms with E-state index in [1.54, 1.807) is 6.20 Å². The van der Waals surface area contributed by atoms with E-state index in [0.717, 1.165) is 16.5 Å². The van der Waals surface area contributed by atoms with Gasteiger partial charge in [-0.05, 0) is 23.6 Å². The molecule has 2 aromatic carbocycles. The van der Waals surface area contributed by atoms with E-state index in [-0.39, 0.29) is 12.1 Å². The van der Waals surface area contributed by atoms with Crippen LogP contribution < -0.4 is 4.72 Å². The summed E-state index contributed by atoms with van der Waals surface area (Å²) in [5, 5.41) is 11.5. The maximum Gasteiger partial charge on any atom is 0.269 e. The van der Waals surface area contributed by atoms with E-state index in [1.807, 2.05) is 29.8 Å². The first-order valence-electron chi connectivity index (χ1n) is 8.07. The molecule has 0 atom stereocenters. The number of hydrogen-bond donors (Lipinski definition) is 2. The van der Waals surface area contributed by atoms with Crippen molar-refractivity contribution in [3.05, 3.63) is 75.5 Å². The topological polar surface area (TPSA) is 122 Å². The van der Waals surface area contributed by atoms with Gasteiger partial charge in [0.25, 0.3) is 5.69 Å². The van der Waals surface area contributed by atoms with Crippen LogP contribution in [0.1, 0.15) is 16.7 Å². The molecule has 0 aliphatic heterocycles. The van der Waals surface area contributed by atoms with Crippen molar-refractivity contribution in [1.29, 1.82) is 0 Å². The van der Waals surface area contributed by atoms with Gasteiger partial charge >= 0.3 is 0 Å². The van der Waals surface area contributed by atoms with Crippen LogP contribution in [0.4, 0.5) is 5.69 Å². The smallest absolute Gasteiger partial charge is 0.269 e. The predicted molar refractivity (Wildman–Crippen MR) is 101 cm³/mol.